The van der Waals surface area contributed by atoms with Gasteiger partial charge in [0.15, 0.2) is 0 Å². The van der Waals surface area contributed by atoms with Gasteiger partial charge < -0.3 is 5.32 Å². The molecule has 0 unspecified atom stereocenters. The van der Waals surface area contributed by atoms with Gasteiger partial charge in [0.05, 0.1) is 0 Å². The lowest BCUT2D eigenvalue weighted by Crippen LogP contribution is -2.44. The van der Waals surface area contributed by atoms with Crippen LogP contribution in [-0.2, 0) is 6.54 Å². The lowest BCUT2D eigenvalue weighted by Gasteiger charge is -2.32. The highest BCUT2D eigenvalue weighted by Gasteiger charge is 2.21. The van der Waals surface area contributed by atoms with Crippen molar-refractivity contribution in [1.82, 2.24) is 14.6 Å². The predicted octanol–water partition coefficient (Wildman–Crippen LogP) is 2.85. The molecular weight excluding hydrogens is 294 g/mol. The van der Waals surface area contributed by atoms with E-state index in [-0.39, 0.29) is 11.9 Å². The number of nitrogens with one attached hydrogen (secondary N) is 1. The van der Waals surface area contributed by atoms with Crippen LogP contribution < -0.4 is 5.32 Å². The minimum absolute atomic E-state index is 0.0362. The summed E-state index contributed by atoms with van der Waals surface area (Å²) in [5.74, 6) is -0.0362. The standard InChI is InChI=1S/C17H21N3OS/c1-13-11-16(19-22-13)17(21)18-15-7-9-20(10-8-15)12-14-5-3-2-4-6-14/h2-6,11,15H,7-10,12H2,1H3,(H,18,21). The topological polar surface area (TPSA) is 45.2 Å². The summed E-state index contributed by atoms with van der Waals surface area (Å²) >= 11 is 1.38. The summed E-state index contributed by atoms with van der Waals surface area (Å²) in [7, 11) is 0. The Labute approximate surface area is 135 Å². The summed E-state index contributed by atoms with van der Waals surface area (Å²) in [6.07, 6.45) is 2.00. The Morgan fingerprint density at radius 3 is 2.68 bits per heavy atom. The molecule has 1 N–H and O–H groups in total. The highest BCUT2D eigenvalue weighted by molar-refractivity contribution is 7.05. The molecule has 0 atom stereocenters. The van der Waals surface area contributed by atoms with Crippen LogP contribution in [0.5, 0.6) is 0 Å². The number of rotatable bonds is 4. The zero-order chi connectivity index (χ0) is 15.4. The number of piperidine rings is 1. The summed E-state index contributed by atoms with van der Waals surface area (Å²) < 4.78 is 4.17. The maximum atomic E-state index is 12.1. The van der Waals surface area contributed by atoms with Crippen LogP contribution in [0.4, 0.5) is 0 Å². The van der Waals surface area contributed by atoms with Gasteiger partial charge >= 0.3 is 0 Å². The predicted molar refractivity (Wildman–Crippen MR) is 89.1 cm³/mol. The fraction of sp³-hybridized carbons (Fsp3) is 0.412. The van der Waals surface area contributed by atoms with E-state index in [1.165, 1.54) is 17.1 Å². The lowest BCUT2D eigenvalue weighted by molar-refractivity contribution is 0.0905. The van der Waals surface area contributed by atoms with Gasteiger partial charge in [-0.15, -0.1) is 0 Å². The van der Waals surface area contributed by atoms with Crippen molar-refractivity contribution in [3.63, 3.8) is 0 Å². The number of aryl methyl sites for hydroxylation is 1. The Bertz CT molecular complexity index is 618. The number of likely N-dealkylation sites (tertiary alicyclic amines) is 1. The van der Waals surface area contributed by atoms with Crippen LogP contribution in [0, 0.1) is 6.92 Å². The average molecular weight is 315 g/mol. The molecule has 1 aromatic heterocycles. The fourth-order valence-corrected chi connectivity index (χ4v) is 3.35. The summed E-state index contributed by atoms with van der Waals surface area (Å²) in [6, 6.07) is 12.7. The Balaban J connectivity index is 1.46. The van der Waals surface area contributed by atoms with Crippen molar-refractivity contribution in [2.45, 2.75) is 32.4 Å². The summed E-state index contributed by atoms with van der Waals surface area (Å²) in [4.78, 5) is 15.6. The van der Waals surface area contributed by atoms with Crippen LogP contribution in [0.1, 0.15) is 33.8 Å². The largest absolute Gasteiger partial charge is 0.348 e. The van der Waals surface area contributed by atoms with E-state index in [9.17, 15) is 4.79 Å². The van der Waals surface area contributed by atoms with Gasteiger partial charge in [-0.3, -0.25) is 9.69 Å². The van der Waals surface area contributed by atoms with Gasteiger partial charge in [0.25, 0.3) is 5.91 Å². The summed E-state index contributed by atoms with van der Waals surface area (Å²) in [5, 5.41) is 3.11. The Kier molecular flexibility index (Phi) is 4.85. The smallest absolute Gasteiger partial charge is 0.271 e. The number of carbonyl (C=O) groups excluding carboxylic acids is 1. The Hall–Kier alpha value is -1.72. The fourth-order valence-electron chi connectivity index (χ4n) is 2.81. The molecule has 1 aliphatic rings. The maximum Gasteiger partial charge on any atom is 0.271 e. The summed E-state index contributed by atoms with van der Waals surface area (Å²) in [5.41, 5.74) is 1.90. The maximum absolute atomic E-state index is 12.1. The molecular formula is C17H21N3OS. The quantitative estimate of drug-likeness (QED) is 0.943. The van der Waals surface area contributed by atoms with Crippen LogP contribution in [0.15, 0.2) is 36.4 Å². The second kappa shape index (κ2) is 7.03. The van der Waals surface area contributed by atoms with Gasteiger partial charge in [0, 0.05) is 30.6 Å². The molecule has 1 saturated heterocycles. The first-order chi connectivity index (χ1) is 10.7. The van der Waals surface area contributed by atoms with Crippen LogP contribution in [0.3, 0.4) is 0 Å². The highest BCUT2D eigenvalue weighted by atomic mass is 32.1. The van der Waals surface area contributed by atoms with E-state index < -0.39 is 0 Å². The molecule has 0 aliphatic carbocycles. The lowest BCUT2D eigenvalue weighted by atomic mass is 10.0. The summed E-state index contributed by atoms with van der Waals surface area (Å²) in [6.45, 7) is 5.01. The number of hydrogen-bond acceptors (Lipinski definition) is 4. The molecule has 4 nitrogen and oxygen atoms in total. The van der Waals surface area contributed by atoms with Crippen molar-refractivity contribution >= 4 is 17.4 Å². The van der Waals surface area contributed by atoms with Gasteiger partial charge in [-0.2, -0.15) is 4.37 Å². The first-order valence-electron chi connectivity index (χ1n) is 7.71. The third kappa shape index (κ3) is 3.93. The van der Waals surface area contributed by atoms with E-state index in [2.05, 4.69) is 38.9 Å². The normalized spacial score (nSPS) is 16.6. The van der Waals surface area contributed by atoms with Crippen LogP contribution in [0.2, 0.25) is 0 Å². The molecule has 1 aliphatic heterocycles. The number of benzene rings is 1. The van der Waals surface area contributed by atoms with E-state index in [0.717, 1.165) is 37.4 Å². The van der Waals surface area contributed by atoms with Crippen molar-refractivity contribution in [1.29, 1.82) is 0 Å². The number of amides is 1. The van der Waals surface area contributed by atoms with E-state index in [4.69, 9.17) is 0 Å². The van der Waals surface area contributed by atoms with E-state index in [1.807, 2.05) is 19.1 Å². The number of nitrogens with zero attached hydrogens (tertiary/aromatic N) is 2. The minimum Gasteiger partial charge on any atom is -0.348 e. The molecule has 1 fully saturated rings. The molecule has 5 heteroatoms. The average Bonchev–Trinajstić information content (AvgIpc) is 2.97. The molecule has 0 spiro atoms. The van der Waals surface area contributed by atoms with E-state index in [0.29, 0.717) is 5.69 Å². The monoisotopic (exact) mass is 315 g/mol. The molecule has 0 saturated carbocycles. The molecule has 2 aromatic rings. The van der Waals surface area contributed by atoms with Crippen molar-refractivity contribution in [2.24, 2.45) is 0 Å². The Morgan fingerprint density at radius 2 is 2.05 bits per heavy atom. The zero-order valence-electron chi connectivity index (χ0n) is 12.8. The molecule has 0 bridgehead atoms. The van der Waals surface area contributed by atoms with Gasteiger partial charge in [0.1, 0.15) is 5.69 Å². The van der Waals surface area contributed by atoms with Gasteiger partial charge in [-0.25, -0.2) is 0 Å². The third-order valence-corrected chi connectivity index (χ3v) is 4.73. The van der Waals surface area contributed by atoms with Gasteiger partial charge in [0.2, 0.25) is 0 Å². The second-order valence-corrected chi connectivity index (χ2v) is 6.84. The molecule has 1 amide bonds. The highest BCUT2D eigenvalue weighted by Crippen LogP contribution is 2.15. The van der Waals surface area contributed by atoms with Gasteiger partial charge in [-0.1, -0.05) is 30.3 Å². The van der Waals surface area contributed by atoms with Crippen molar-refractivity contribution in [3.05, 3.63) is 52.5 Å². The number of aromatic nitrogens is 1. The van der Waals surface area contributed by atoms with E-state index >= 15 is 0 Å². The van der Waals surface area contributed by atoms with Crippen LogP contribution in [-0.4, -0.2) is 34.3 Å². The Morgan fingerprint density at radius 1 is 1.32 bits per heavy atom. The van der Waals surface area contributed by atoms with Crippen molar-refractivity contribution in [3.8, 4) is 0 Å². The van der Waals surface area contributed by atoms with Crippen molar-refractivity contribution < 1.29 is 4.79 Å². The third-order valence-electron chi connectivity index (χ3n) is 4.03. The van der Waals surface area contributed by atoms with Crippen LogP contribution >= 0.6 is 11.5 Å². The molecule has 22 heavy (non-hydrogen) atoms. The van der Waals surface area contributed by atoms with Crippen molar-refractivity contribution in [2.75, 3.05) is 13.1 Å². The molecule has 116 valence electrons. The molecule has 0 radical (unpaired) electrons. The SMILES string of the molecule is Cc1cc(C(=O)NC2CCN(Cc3ccccc3)CC2)ns1. The zero-order valence-corrected chi connectivity index (χ0v) is 13.6. The first kappa shape index (κ1) is 15.2. The first-order valence-corrected chi connectivity index (χ1v) is 8.48. The van der Waals surface area contributed by atoms with Crippen LogP contribution in [0.25, 0.3) is 0 Å². The number of carbonyl (C=O) groups is 1. The number of hydrogen-bond donors (Lipinski definition) is 1. The minimum atomic E-state index is -0.0362. The molecule has 1 aromatic carbocycles. The second-order valence-electron chi connectivity index (χ2n) is 5.83. The van der Waals surface area contributed by atoms with E-state index in [1.54, 1.807) is 0 Å². The molecule has 2 heterocycles. The molecule has 3 rings (SSSR count). The van der Waals surface area contributed by atoms with Gasteiger partial charge in [-0.05, 0) is 42.9 Å².